The molecule has 0 unspecified atom stereocenters. The van der Waals surface area contributed by atoms with E-state index in [1.165, 1.54) is 44.3 Å². The largest absolute Gasteiger partial charge is 0.405 e. The maximum absolute atomic E-state index is 6.74. The first-order valence-electron chi connectivity index (χ1n) is 19.5. The van der Waals surface area contributed by atoms with Crippen LogP contribution in [0, 0.1) is 6.92 Å². The Labute approximate surface area is 331 Å². The maximum atomic E-state index is 6.74. The molecule has 11 rings (SSSR count). The van der Waals surface area contributed by atoms with Gasteiger partial charge in [-0.05, 0) is 113 Å². The summed E-state index contributed by atoms with van der Waals surface area (Å²) in [6.45, 7) is 4.21. The molecule has 0 atom stereocenters. The van der Waals surface area contributed by atoms with Gasteiger partial charge in [0.15, 0.2) is 0 Å². The summed E-state index contributed by atoms with van der Waals surface area (Å²) in [5.41, 5.74) is 32.2. The van der Waals surface area contributed by atoms with Crippen molar-refractivity contribution in [2.75, 3.05) is 5.73 Å². The lowest BCUT2D eigenvalue weighted by molar-refractivity contribution is 0.792. The van der Waals surface area contributed by atoms with Gasteiger partial charge in [-0.1, -0.05) is 115 Å². The Bertz CT molecular complexity index is 3110. The van der Waals surface area contributed by atoms with Crippen molar-refractivity contribution in [2.45, 2.75) is 19.3 Å². The van der Waals surface area contributed by atoms with Gasteiger partial charge in [0, 0.05) is 50.7 Å². The van der Waals surface area contributed by atoms with Gasteiger partial charge in [0.1, 0.15) is 5.82 Å². The van der Waals surface area contributed by atoms with Crippen LogP contribution in [-0.2, 0) is 5.41 Å². The molecule has 1 spiro atoms. The van der Waals surface area contributed by atoms with E-state index in [9.17, 15) is 0 Å². The topological polar surface area (TPSA) is 74.8 Å². The van der Waals surface area contributed by atoms with Crippen LogP contribution in [0.4, 0.5) is 5.82 Å². The zero-order chi connectivity index (χ0) is 38.4. The highest BCUT2D eigenvalue weighted by Crippen LogP contribution is 2.63. The summed E-state index contributed by atoms with van der Waals surface area (Å²) in [5.74, 6) is 0.738. The number of nitrogens with two attached hydrogens (primary N) is 2. The number of aromatic nitrogens is 3. The van der Waals surface area contributed by atoms with Crippen LogP contribution in [0.25, 0.3) is 78.8 Å². The Morgan fingerprint density at radius 3 is 1.86 bits per heavy atom. The minimum atomic E-state index is -0.466. The zero-order valence-electron chi connectivity index (χ0n) is 31.7. The Balaban J connectivity index is 1.04. The summed E-state index contributed by atoms with van der Waals surface area (Å²) >= 11 is 0. The van der Waals surface area contributed by atoms with E-state index in [1.54, 1.807) is 6.20 Å². The molecule has 0 fully saturated rings. The van der Waals surface area contributed by atoms with E-state index >= 15 is 0 Å². The third-order valence-electron chi connectivity index (χ3n) is 12.4. The molecule has 0 saturated carbocycles. The lowest BCUT2D eigenvalue weighted by Gasteiger charge is -2.30. The number of anilines is 1. The van der Waals surface area contributed by atoms with Gasteiger partial charge in [-0.2, -0.15) is 0 Å². The first-order chi connectivity index (χ1) is 28.1. The monoisotopic (exact) mass is 733 g/mol. The van der Waals surface area contributed by atoms with Crippen molar-refractivity contribution in [1.82, 2.24) is 14.1 Å². The quantitative estimate of drug-likeness (QED) is 0.185. The van der Waals surface area contributed by atoms with Crippen LogP contribution in [-0.4, -0.2) is 14.1 Å². The molecule has 6 aromatic carbocycles. The number of nitrogens with zero attached hydrogens (tertiary/aromatic N) is 3. The third kappa shape index (κ3) is 4.37. The van der Waals surface area contributed by atoms with Crippen LogP contribution in [0.5, 0.6) is 0 Å². The number of hydrogen-bond donors (Lipinski definition) is 2. The van der Waals surface area contributed by atoms with E-state index in [2.05, 4.69) is 174 Å². The molecule has 2 aliphatic rings. The SMILES string of the molecule is C/C=C\c1c(N)n(-c2ccc(-c3ccc(-n4c(C)c(/C=C\N)c5c6c(ccc54)C4(c5ccccc5-c5ccccc54)c4cccnc4-6)cc3)cc2)c2ccccc12. The van der Waals surface area contributed by atoms with Crippen molar-refractivity contribution in [2.24, 2.45) is 5.73 Å². The molecule has 0 aliphatic heterocycles. The number of hydrogen-bond acceptors (Lipinski definition) is 3. The Hall–Kier alpha value is -7.37. The summed E-state index contributed by atoms with van der Waals surface area (Å²) in [6.07, 6.45) is 9.76. The number of nitrogen functional groups attached to an aromatic ring is 1. The molecule has 5 heteroatoms. The van der Waals surface area contributed by atoms with E-state index in [-0.39, 0.29) is 0 Å². The summed E-state index contributed by atoms with van der Waals surface area (Å²) < 4.78 is 4.51. The molecule has 3 aromatic heterocycles. The van der Waals surface area contributed by atoms with Gasteiger partial charge in [-0.15, -0.1) is 0 Å². The second-order valence-corrected chi connectivity index (χ2v) is 15.1. The molecular formula is C52H39N5. The number of para-hydroxylation sites is 1. The van der Waals surface area contributed by atoms with Crippen molar-refractivity contribution in [3.63, 3.8) is 0 Å². The van der Waals surface area contributed by atoms with Crippen LogP contribution < -0.4 is 11.5 Å². The lowest BCUT2D eigenvalue weighted by atomic mass is 9.70. The van der Waals surface area contributed by atoms with Crippen LogP contribution in [0.3, 0.4) is 0 Å². The van der Waals surface area contributed by atoms with E-state index in [4.69, 9.17) is 16.5 Å². The minimum Gasteiger partial charge on any atom is -0.405 e. The lowest BCUT2D eigenvalue weighted by Crippen LogP contribution is -2.25. The van der Waals surface area contributed by atoms with Crippen LogP contribution in [0.1, 0.15) is 46.0 Å². The van der Waals surface area contributed by atoms with Gasteiger partial charge in [-0.3, -0.25) is 9.55 Å². The Kier molecular flexibility index (Phi) is 7.13. The highest BCUT2D eigenvalue weighted by atomic mass is 15.1. The van der Waals surface area contributed by atoms with Gasteiger partial charge in [-0.25, -0.2) is 0 Å². The first kappa shape index (κ1) is 33.0. The fraction of sp³-hybridized carbons (Fsp3) is 0.0577. The molecule has 3 heterocycles. The van der Waals surface area contributed by atoms with E-state index in [1.807, 2.05) is 19.2 Å². The molecule has 9 aromatic rings. The fourth-order valence-electron chi connectivity index (χ4n) is 10.1. The van der Waals surface area contributed by atoms with E-state index in [0.717, 1.165) is 67.3 Å². The average Bonchev–Trinajstić information content (AvgIpc) is 3.92. The molecule has 272 valence electrons. The number of benzene rings is 6. The number of pyridine rings is 1. The predicted molar refractivity (Wildman–Crippen MR) is 237 cm³/mol. The predicted octanol–water partition coefficient (Wildman–Crippen LogP) is 11.8. The molecule has 0 saturated heterocycles. The number of fused-ring (bicyclic) bond motifs is 13. The van der Waals surface area contributed by atoms with Gasteiger partial charge in [0.25, 0.3) is 0 Å². The zero-order valence-corrected chi connectivity index (χ0v) is 31.7. The van der Waals surface area contributed by atoms with Crippen molar-refractivity contribution >= 4 is 39.8 Å². The van der Waals surface area contributed by atoms with Crippen molar-refractivity contribution < 1.29 is 0 Å². The molecule has 2 aliphatic carbocycles. The Morgan fingerprint density at radius 1 is 0.579 bits per heavy atom. The molecule has 5 nitrogen and oxygen atoms in total. The van der Waals surface area contributed by atoms with Crippen LogP contribution >= 0.6 is 0 Å². The van der Waals surface area contributed by atoms with Gasteiger partial charge in [0.2, 0.25) is 0 Å². The normalized spacial score (nSPS) is 13.6. The van der Waals surface area contributed by atoms with Crippen LogP contribution in [0.2, 0.25) is 0 Å². The van der Waals surface area contributed by atoms with Gasteiger partial charge >= 0.3 is 0 Å². The molecular weight excluding hydrogens is 695 g/mol. The highest BCUT2D eigenvalue weighted by molar-refractivity contribution is 6.09. The number of allylic oxidation sites excluding steroid dienone is 1. The van der Waals surface area contributed by atoms with E-state index in [0.29, 0.717) is 0 Å². The van der Waals surface area contributed by atoms with Crippen molar-refractivity contribution in [1.29, 1.82) is 0 Å². The summed E-state index contributed by atoms with van der Waals surface area (Å²) in [5, 5.41) is 2.31. The molecule has 0 amide bonds. The van der Waals surface area contributed by atoms with Crippen molar-refractivity contribution in [3.8, 4) is 44.9 Å². The summed E-state index contributed by atoms with van der Waals surface area (Å²) in [7, 11) is 0. The summed E-state index contributed by atoms with van der Waals surface area (Å²) in [6, 6.07) is 52.7. The van der Waals surface area contributed by atoms with Crippen molar-refractivity contribution in [3.05, 3.63) is 203 Å². The molecule has 0 bridgehead atoms. The maximum Gasteiger partial charge on any atom is 0.116 e. The van der Waals surface area contributed by atoms with Gasteiger partial charge < -0.3 is 16.0 Å². The fourth-order valence-corrected chi connectivity index (χ4v) is 10.1. The first-order valence-corrected chi connectivity index (χ1v) is 19.5. The molecule has 0 radical (unpaired) electrons. The smallest absolute Gasteiger partial charge is 0.116 e. The van der Waals surface area contributed by atoms with Gasteiger partial charge in [0.05, 0.1) is 22.1 Å². The molecule has 57 heavy (non-hydrogen) atoms. The van der Waals surface area contributed by atoms with E-state index < -0.39 is 5.41 Å². The molecule has 4 N–H and O–H groups in total. The third-order valence-corrected chi connectivity index (χ3v) is 12.4. The second kappa shape index (κ2) is 12.3. The Morgan fingerprint density at radius 2 is 1.19 bits per heavy atom. The number of rotatable bonds is 5. The average molecular weight is 734 g/mol. The standard InChI is InChI=1S/C52H39N5/c1-3-11-41-40-14-6-9-18-46(40)57(51(41)54)36-25-21-34(22-26-36)33-19-23-35(24-20-33)56-32(2)37(29-30-53)48-47(56)28-27-44-49(48)50-45(17-10-31-55-50)52(44)42-15-7-4-12-38(42)39-13-5-8-16-43(39)52/h3-31H,53-54H2,1-2H3/b11-3-,30-29-. The second-order valence-electron chi connectivity index (χ2n) is 15.1. The van der Waals surface area contributed by atoms with Crippen LogP contribution in [0.15, 0.2) is 164 Å². The minimum absolute atomic E-state index is 0.466. The highest BCUT2D eigenvalue weighted by Gasteiger charge is 2.52. The summed E-state index contributed by atoms with van der Waals surface area (Å²) in [4.78, 5) is 5.15.